The van der Waals surface area contributed by atoms with Crippen LogP contribution in [0.1, 0.15) is 12.5 Å². The molecule has 1 unspecified atom stereocenters. The molecule has 2 amide bonds. The van der Waals surface area contributed by atoms with Crippen molar-refractivity contribution in [3.05, 3.63) is 71.7 Å². The summed E-state index contributed by atoms with van der Waals surface area (Å²) < 4.78 is 13.2. The first-order chi connectivity index (χ1) is 12.5. The molecule has 1 atom stereocenters. The van der Waals surface area contributed by atoms with Gasteiger partial charge in [-0.05, 0) is 42.8 Å². The van der Waals surface area contributed by atoms with Crippen LogP contribution in [-0.4, -0.2) is 22.2 Å². The Bertz CT molecular complexity index is 895. The molecular formula is C19H16FN3O2S. The van der Waals surface area contributed by atoms with E-state index in [1.54, 1.807) is 13.0 Å². The van der Waals surface area contributed by atoms with Gasteiger partial charge in [-0.3, -0.25) is 14.5 Å². The molecule has 2 aromatic carbocycles. The molecule has 2 aromatic rings. The second-order valence-corrected chi connectivity index (χ2v) is 6.92. The molecule has 3 rings (SSSR count). The molecule has 0 saturated carbocycles. The second kappa shape index (κ2) is 7.53. The number of hydrogen-bond donors (Lipinski definition) is 1. The molecule has 2 N–H and O–H groups in total. The van der Waals surface area contributed by atoms with Crippen LogP contribution in [-0.2, 0) is 9.59 Å². The van der Waals surface area contributed by atoms with E-state index >= 15 is 0 Å². The van der Waals surface area contributed by atoms with Gasteiger partial charge in [-0.2, -0.15) is 0 Å². The van der Waals surface area contributed by atoms with Crippen molar-refractivity contribution in [1.29, 1.82) is 0 Å². The Labute approximate surface area is 154 Å². The maximum Gasteiger partial charge on any atom is 0.283 e. The van der Waals surface area contributed by atoms with E-state index in [0.29, 0.717) is 10.9 Å². The van der Waals surface area contributed by atoms with E-state index in [-0.39, 0.29) is 11.6 Å². The van der Waals surface area contributed by atoms with Gasteiger partial charge in [0, 0.05) is 0 Å². The fraction of sp³-hybridized carbons (Fsp3) is 0.105. The van der Waals surface area contributed by atoms with Gasteiger partial charge in [0.05, 0.1) is 10.9 Å². The highest BCUT2D eigenvalue weighted by atomic mass is 32.2. The largest absolute Gasteiger partial charge is 0.369 e. The first-order valence-corrected chi connectivity index (χ1v) is 8.75. The Morgan fingerprint density at radius 3 is 2.46 bits per heavy atom. The summed E-state index contributed by atoms with van der Waals surface area (Å²) in [5.74, 6) is -1.26. The highest BCUT2D eigenvalue weighted by Crippen LogP contribution is 2.31. The highest BCUT2D eigenvalue weighted by molar-refractivity contribution is 8.15. The van der Waals surface area contributed by atoms with Crippen molar-refractivity contribution >= 4 is 40.5 Å². The standard InChI is InChI=1S/C19H16FN3O2S/c1-12(17(21)24)26-19-22-16(11-13-5-3-2-4-6-13)18(25)23(19)15-9-7-14(20)8-10-15/h2-12H,1H3,(H2,21,24)/b16-11+. The van der Waals surface area contributed by atoms with Crippen molar-refractivity contribution < 1.29 is 14.0 Å². The van der Waals surface area contributed by atoms with Crippen LogP contribution in [0.5, 0.6) is 0 Å². The fourth-order valence-electron chi connectivity index (χ4n) is 2.32. The monoisotopic (exact) mass is 369 g/mol. The quantitative estimate of drug-likeness (QED) is 0.841. The minimum atomic E-state index is -0.569. The lowest BCUT2D eigenvalue weighted by molar-refractivity contribution is -0.117. The van der Waals surface area contributed by atoms with Gasteiger partial charge >= 0.3 is 0 Å². The van der Waals surface area contributed by atoms with Gasteiger partial charge in [-0.25, -0.2) is 9.38 Å². The third kappa shape index (κ3) is 3.83. The number of amides is 2. The molecule has 0 aliphatic carbocycles. The molecule has 1 aliphatic rings. The average molecular weight is 369 g/mol. The lowest BCUT2D eigenvalue weighted by Crippen LogP contribution is -2.33. The van der Waals surface area contributed by atoms with E-state index < -0.39 is 17.0 Å². The van der Waals surface area contributed by atoms with Crippen LogP contribution in [0.3, 0.4) is 0 Å². The summed E-state index contributed by atoms with van der Waals surface area (Å²) in [5.41, 5.74) is 6.86. The molecule has 0 spiro atoms. The Morgan fingerprint density at radius 2 is 1.85 bits per heavy atom. The van der Waals surface area contributed by atoms with Gasteiger partial charge in [0.2, 0.25) is 5.91 Å². The molecule has 7 heteroatoms. The van der Waals surface area contributed by atoms with Gasteiger partial charge < -0.3 is 5.73 Å². The van der Waals surface area contributed by atoms with Crippen LogP contribution in [0.4, 0.5) is 10.1 Å². The smallest absolute Gasteiger partial charge is 0.283 e. The Kier molecular flexibility index (Phi) is 5.18. The zero-order valence-corrected chi connectivity index (χ0v) is 14.7. The summed E-state index contributed by atoms with van der Waals surface area (Å²) in [6, 6.07) is 14.8. The number of carbonyl (C=O) groups excluding carboxylic acids is 2. The van der Waals surface area contributed by atoms with Gasteiger partial charge in [0.25, 0.3) is 5.91 Å². The zero-order chi connectivity index (χ0) is 18.7. The van der Waals surface area contributed by atoms with E-state index in [1.807, 2.05) is 30.3 Å². The lowest BCUT2D eigenvalue weighted by atomic mass is 10.2. The van der Waals surface area contributed by atoms with Crippen LogP contribution in [0, 0.1) is 5.82 Å². The summed E-state index contributed by atoms with van der Waals surface area (Å²) >= 11 is 1.09. The molecule has 0 bridgehead atoms. The van der Waals surface area contributed by atoms with E-state index in [1.165, 1.54) is 29.2 Å². The number of rotatable bonds is 4. The predicted octanol–water partition coefficient (Wildman–Crippen LogP) is 3.18. The lowest BCUT2D eigenvalue weighted by Gasteiger charge is -2.19. The van der Waals surface area contributed by atoms with Crippen molar-refractivity contribution in [2.24, 2.45) is 10.7 Å². The molecule has 5 nitrogen and oxygen atoms in total. The minimum absolute atomic E-state index is 0.236. The number of nitrogens with zero attached hydrogens (tertiary/aromatic N) is 2. The van der Waals surface area contributed by atoms with E-state index in [4.69, 9.17) is 5.73 Å². The minimum Gasteiger partial charge on any atom is -0.369 e. The first-order valence-electron chi connectivity index (χ1n) is 7.87. The highest BCUT2D eigenvalue weighted by Gasteiger charge is 2.33. The van der Waals surface area contributed by atoms with Crippen LogP contribution in [0.25, 0.3) is 6.08 Å². The van der Waals surface area contributed by atoms with Gasteiger partial charge in [-0.1, -0.05) is 42.1 Å². The zero-order valence-electron chi connectivity index (χ0n) is 13.9. The molecule has 132 valence electrons. The molecule has 1 aliphatic heterocycles. The first kappa shape index (κ1) is 17.9. The number of anilines is 1. The maximum atomic E-state index is 13.2. The van der Waals surface area contributed by atoms with Crippen LogP contribution >= 0.6 is 11.8 Å². The third-order valence-corrected chi connectivity index (χ3v) is 4.77. The van der Waals surface area contributed by atoms with E-state index in [9.17, 15) is 14.0 Å². The van der Waals surface area contributed by atoms with E-state index in [0.717, 1.165) is 17.3 Å². The Hall–Kier alpha value is -2.93. The average Bonchev–Trinajstić information content (AvgIpc) is 2.92. The molecule has 1 heterocycles. The molecule has 0 fully saturated rings. The number of thioether (sulfide) groups is 1. The van der Waals surface area contributed by atoms with Crippen molar-refractivity contribution in [3.63, 3.8) is 0 Å². The topological polar surface area (TPSA) is 75.8 Å². The number of aliphatic imine (C=N–C) groups is 1. The van der Waals surface area contributed by atoms with Crippen molar-refractivity contribution in [3.8, 4) is 0 Å². The number of hydrogen-bond acceptors (Lipinski definition) is 4. The van der Waals surface area contributed by atoms with Gasteiger partial charge in [-0.15, -0.1) is 0 Å². The van der Waals surface area contributed by atoms with Crippen molar-refractivity contribution in [1.82, 2.24) is 0 Å². The fourth-order valence-corrected chi connectivity index (χ4v) is 3.19. The summed E-state index contributed by atoms with van der Waals surface area (Å²) in [6.07, 6.45) is 1.67. The predicted molar refractivity (Wildman–Crippen MR) is 102 cm³/mol. The summed E-state index contributed by atoms with van der Waals surface area (Å²) in [6.45, 7) is 1.64. The number of amidine groups is 1. The number of nitrogens with two attached hydrogens (primary N) is 1. The molecule has 0 saturated heterocycles. The molecule has 26 heavy (non-hydrogen) atoms. The number of carbonyl (C=O) groups is 2. The molecule has 0 aromatic heterocycles. The van der Waals surface area contributed by atoms with Crippen molar-refractivity contribution in [2.45, 2.75) is 12.2 Å². The van der Waals surface area contributed by atoms with E-state index in [2.05, 4.69) is 4.99 Å². The molecular weight excluding hydrogens is 353 g/mol. The number of halogens is 1. The normalized spacial score (nSPS) is 16.7. The Balaban J connectivity index is 2.00. The second-order valence-electron chi connectivity index (χ2n) is 5.61. The van der Waals surface area contributed by atoms with Gasteiger partial charge in [0.15, 0.2) is 5.17 Å². The van der Waals surface area contributed by atoms with Gasteiger partial charge in [0.1, 0.15) is 11.5 Å². The summed E-state index contributed by atoms with van der Waals surface area (Å²) in [4.78, 5) is 30.0. The third-order valence-electron chi connectivity index (χ3n) is 3.70. The Morgan fingerprint density at radius 1 is 1.19 bits per heavy atom. The SMILES string of the molecule is CC(SC1=N/C(=C/c2ccccc2)C(=O)N1c1ccc(F)cc1)C(N)=O. The van der Waals surface area contributed by atoms with Crippen LogP contribution < -0.4 is 10.6 Å². The van der Waals surface area contributed by atoms with Crippen LogP contribution in [0.15, 0.2) is 65.3 Å². The van der Waals surface area contributed by atoms with Crippen molar-refractivity contribution in [2.75, 3.05) is 4.90 Å². The summed E-state index contributed by atoms with van der Waals surface area (Å²) in [5, 5.41) is -0.240. The maximum absolute atomic E-state index is 13.2. The number of primary amides is 1. The number of benzene rings is 2. The molecule has 0 radical (unpaired) electrons. The summed E-state index contributed by atoms with van der Waals surface area (Å²) in [7, 11) is 0. The van der Waals surface area contributed by atoms with Crippen LogP contribution in [0.2, 0.25) is 0 Å².